The van der Waals surface area contributed by atoms with Crippen molar-refractivity contribution in [2.75, 3.05) is 54.5 Å². The van der Waals surface area contributed by atoms with E-state index in [0.29, 0.717) is 43.6 Å². The van der Waals surface area contributed by atoms with Crippen LogP contribution in [0.4, 0.5) is 17.1 Å². The quantitative estimate of drug-likeness (QED) is 0.540. The van der Waals surface area contributed by atoms with Gasteiger partial charge in [-0.05, 0) is 42.5 Å². The first kappa shape index (κ1) is 23.0. The van der Waals surface area contributed by atoms with Gasteiger partial charge in [-0.2, -0.15) is 0 Å². The van der Waals surface area contributed by atoms with E-state index in [-0.39, 0.29) is 16.1 Å². The Hall–Kier alpha value is -3.76. The van der Waals surface area contributed by atoms with Crippen LogP contribution in [-0.4, -0.2) is 53.8 Å². The number of anilines is 3. The number of fused-ring (bicyclic) bond motifs is 1. The second-order valence-corrected chi connectivity index (χ2v) is 9.74. The second kappa shape index (κ2) is 9.85. The molecule has 3 aromatic carbocycles. The van der Waals surface area contributed by atoms with Crippen molar-refractivity contribution in [3.8, 4) is 11.5 Å². The molecule has 0 aromatic heterocycles. The Balaban J connectivity index is 1.35. The third kappa shape index (κ3) is 5.18. The van der Waals surface area contributed by atoms with E-state index >= 15 is 0 Å². The molecule has 5 rings (SSSR count). The Morgan fingerprint density at radius 3 is 2.43 bits per heavy atom. The molecule has 2 heterocycles. The summed E-state index contributed by atoms with van der Waals surface area (Å²) in [6, 6.07) is 18.4. The number of benzene rings is 3. The predicted molar refractivity (Wildman–Crippen MR) is 132 cm³/mol. The lowest BCUT2D eigenvalue weighted by Gasteiger charge is -2.29. The molecule has 1 saturated heterocycles. The SMILES string of the molecule is O=C(Nc1cccc(N2CCOCC2)c1)c1ccccc1NS(=O)(=O)c1ccc2c(c1)OCCO2. The molecule has 0 radical (unpaired) electrons. The zero-order valence-electron chi connectivity index (χ0n) is 18.9. The molecule has 10 heteroatoms. The number of nitrogens with zero attached hydrogens (tertiary/aromatic N) is 1. The Kier molecular flexibility index (Phi) is 6.47. The van der Waals surface area contributed by atoms with E-state index < -0.39 is 15.9 Å². The van der Waals surface area contributed by atoms with Gasteiger partial charge in [0.05, 0.1) is 29.4 Å². The molecule has 2 N–H and O–H groups in total. The number of carbonyl (C=O) groups excluding carboxylic acids is 1. The van der Waals surface area contributed by atoms with Crippen molar-refractivity contribution in [1.29, 1.82) is 0 Å². The molecule has 0 unspecified atom stereocenters. The van der Waals surface area contributed by atoms with Crippen molar-refractivity contribution >= 4 is 33.0 Å². The molecule has 1 amide bonds. The average molecular weight is 496 g/mol. The summed E-state index contributed by atoms with van der Waals surface area (Å²) in [5, 5.41) is 2.88. The summed E-state index contributed by atoms with van der Waals surface area (Å²) >= 11 is 0. The number of ether oxygens (including phenoxy) is 3. The highest BCUT2D eigenvalue weighted by Crippen LogP contribution is 2.33. The maximum Gasteiger partial charge on any atom is 0.262 e. The summed E-state index contributed by atoms with van der Waals surface area (Å²) in [7, 11) is -3.98. The number of nitrogens with one attached hydrogen (secondary N) is 2. The van der Waals surface area contributed by atoms with Crippen LogP contribution in [0.3, 0.4) is 0 Å². The highest BCUT2D eigenvalue weighted by Gasteiger charge is 2.22. The van der Waals surface area contributed by atoms with E-state index in [9.17, 15) is 13.2 Å². The monoisotopic (exact) mass is 495 g/mol. The van der Waals surface area contributed by atoms with Gasteiger partial charge in [-0.3, -0.25) is 9.52 Å². The highest BCUT2D eigenvalue weighted by atomic mass is 32.2. The molecule has 2 aliphatic rings. The molecule has 0 aliphatic carbocycles. The maximum absolute atomic E-state index is 13.1. The summed E-state index contributed by atoms with van der Waals surface area (Å²) in [6.45, 7) is 3.64. The van der Waals surface area contributed by atoms with Crippen molar-refractivity contribution in [3.05, 3.63) is 72.3 Å². The van der Waals surface area contributed by atoms with Crippen LogP contribution in [0.1, 0.15) is 10.4 Å². The van der Waals surface area contributed by atoms with Gasteiger partial charge in [0.1, 0.15) is 13.2 Å². The number of carbonyl (C=O) groups is 1. The molecule has 0 atom stereocenters. The van der Waals surface area contributed by atoms with Gasteiger partial charge < -0.3 is 24.4 Å². The van der Waals surface area contributed by atoms with Gasteiger partial charge in [0, 0.05) is 30.5 Å². The van der Waals surface area contributed by atoms with Gasteiger partial charge in [0.2, 0.25) is 0 Å². The number of para-hydroxylation sites is 1. The van der Waals surface area contributed by atoms with E-state index in [2.05, 4.69) is 14.9 Å². The number of rotatable bonds is 6. The Morgan fingerprint density at radius 2 is 1.60 bits per heavy atom. The summed E-state index contributed by atoms with van der Waals surface area (Å²) < 4.78 is 45.1. The fraction of sp³-hybridized carbons (Fsp3) is 0.240. The normalized spacial score (nSPS) is 15.4. The summed E-state index contributed by atoms with van der Waals surface area (Å²) in [5.41, 5.74) is 1.97. The first-order chi connectivity index (χ1) is 17.0. The molecule has 1 fully saturated rings. The largest absolute Gasteiger partial charge is 0.486 e. The van der Waals surface area contributed by atoms with Gasteiger partial charge in [-0.25, -0.2) is 8.42 Å². The van der Waals surface area contributed by atoms with Crippen molar-refractivity contribution in [1.82, 2.24) is 0 Å². The van der Waals surface area contributed by atoms with Gasteiger partial charge >= 0.3 is 0 Å². The van der Waals surface area contributed by atoms with Crippen LogP contribution in [0.2, 0.25) is 0 Å². The number of hydrogen-bond donors (Lipinski definition) is 2. The third-order valence-corrected chi connectivity index (χ3v) is 7.08. The summed E-state index contributed by atoms with van der Waals surface area (Å²) in [6.07, 6.45) is 0. The Morgan fingerprint density at radius 1 is 0.829 bits per heavy atom. The average Bonchev–Trinajstić information content (AvgIpc) is 2.89. The van der Waals surface area contributed by atoms with Crippen molar-refractivity contribution in [3.63, 3.8) is 0 Å². The maximum atomic E-state index is 13.1. The number of hydrogen-bond acceptors (Lipinski definition) is 7. The van der Waals surface area contributed by atoms with Crippen molar-refractivity contribution in [2.24, 2.45) is 0 Å². The van der Waals surface area contributed by atoms with Crippen molar-refractivity contribution < 1.29 is 27.4 Å². The minimum Gasteiger partial charge on any atom is -0.486 e. The molecular formula is C25H25N3O6S. The fourth-order valence-corrected chi connectivity index (χ4v) is 5.06. The lowest BCUT2D eigenvalue weighted by molar-refractivity contribution is 0.102. The predicted octanol–water partition coefficient (Wildman–Crippen LogP) is 3.35. The van der Waals surface area contributed by atoms with E-state index in [0.717, 1.165) is 18.8 Å². The van der Waals surface area contributed by atoms with E-state index in [1.807, 2.05) is 18.2 Å². The van der Waals surface area contributed by atoms with E-state index in [4.69, 9.17) is 14.2 Å². The van der Waals surface area contributed by atoms with Crippen molar-refractivity contribution in [2.45, 2.75) is 4.90 Å². The van der Waals surface area contributed by atoms with E-state index in [1.165, 1.54) is 12.1 Å². The molecule has 35 heavy (non-hydrogen) atoms. The van der Waals surface area contributed by atoms with Gasteiger partial charge in [0.25, 0.3) is 15.9 Å². The zero-order chi connectivity index (χ0) is 24.3. The van der Waals surface area contributed by atoms with Gasteiger partial charge in [-0.1, -0.05) is 18.2 Å². The second-order valence-electron chi connectivity index (χ2n) is 8.06. The number of sulfonamides is 1. The lowest BCUT2D eigenvalue weighted by Crippen LogP contribution is -2.36. The molecular weight excluding hydrogens is 470 g/mol. The Bertz CT molecular complexity index is 1340. The van der Waals surface area contributed by atoms with Crippen LogP contribution in [-0.2, 0) is 14.8 Å². The smallest absolute Gasteiger partial charge is 0.262 e. The first-order valence-corrected chi connectivity index (χ1v) is 12.7. The van der Waals surface area contributed by atoms with Crippen LogP contribution >= 0.6 is 0 Å². The minimum atomic E-state index is -3.98. The highest BCUT2D eigenvalue weighted by molar-refractivity contribution is 7.92. The Labute approximate surface area is 203 Å². The molecule has 2 aliphatic heterocycles. The molecule has 0 saturated carbocycles. The molecule has 0 spiro atoms. The van der Waals surface area contributed by atoms with Gasteiger partial charge in [-0.15, -0.1) is 0 Å². The van der Waals surface area contributed by atoms with Gasteiger partial charge in [0.15, 0.2) is 11.5 Å². The summed E-state index contributed by atoms with van der Waals surface area (Å²) in [5.74, 6) is 0.434. The van der Waals surface area contributed by atoms with Crippen LogP contribution in [0, 0.1) is 0 Å². The standard InChI is InChI=1S/C25H25N3O6S/c29-25(26-18-4-3-5-19(16-18)28-10-12-32-13-11-28)21-6-1-2-7-22(21)27-35(30,31)20-8-9-23-24(17-20)34-15-14-33-23/h1-9,16-17,27H,10-15H2,(H,26,29). The summed E-state index contributed by atoms with van der Waals surface area (Å²) in [4.78, 5) is 15.3. The molecule has 0 bridgehead atoms. The van der Waals surface area contributed by atoms with E-state index in [1.54, 1.807) is 36.4 Å². The fourth-order valence-electron chi connectivity index (χ4n) is 3.96. The molecule has 182 valence electrons. The minimum absolute atomic E-state index is 0.00942. The molecule has 9 nitrogen and oxygen atoms in total. The third-order valence-electron chi connectivity index (χ3n) is 5.72. The van der Waals surface area contributed by atoms with Crippen LogP contribution in [0.15, 0.2) is 71.6 Å². The van der Waals surface area contributed by atoms with Crippen LogP contribution in [0.25, 0.3) is 0 Å². The first-order valence-electron chi connectivity index (χ1n) is 11.3. The van der Waals surface area contributed by atoms with Crippen LogP contribution < -0.4 is 24.4 Å². The lowest BCUT2D eigenvalue weighted by atomic mass is 10.1. The number of morpholine rings is 1. The topological polar surface area (TPSA) is 106 Å². The van der Waals surface area contributed by atoms with Crippen LogP contribution in [0.5, 0.6) is 11.5 Å². The zero-order valence-corrected chi connectivity index (χ0v) is 19.7. The number of amides is 1. The molecule has 3 aromatic rings.